The van der Waals surface area contributed by atoms with Gasteiger partial charge >= 0.3 is 5.97 Å². The van der Waals surface area contributed by atoms with Gasteiger partial charge in [0.2, 0.25) is 0 Å². The lowest BCUT2D eigenvalue weighted by Gasteiger charge is -2.22. The summed E-state index contributed by atoms with van der Waals surface area (Å²) in [5, 5.41) is 9.43. The maximum absolute atomic E-state index is 12.6. The van der Waals surface area contributed by atoms with E-state index in [1.54, 1.807) is 6.08 Å². The number of nitrogens with zero attached hydrogens (tertiary/aromatic N) is 1. The topological polar surface area (TPSA) is 57.6 Å². The van der Waals surface area contributed by atoms with E-state index in [1.165, 1.54) is 16.7 Å². The molecule has 0 saturated carbocycles. The molecule has 1 saturated heterocycles. The van der Waals surface area contributed by atoms with E-state index in [1.807, 2.05) is 38.1 Å². The van der Waals surface area contributed by atoms with Crippen molar-refractivity contribution in [1.82, 2.24) is 4.90 Å². The minimum atomic E-state index is -1.01. The van der Waals surface area contributed by atoms with Crippen molar-refractivity contribution in [2.45, 2.75) is 39.2 Å². The van der Waals surface area contributed by atoms with E-state index in [9.17, 15) is 14.7 Å². The van der Waals surface area contributed by atoms with Crippen LogP contribution in [-0.4, -0.2) is 32.2 Å². The Morgan fingerprint density at radius 1 is 1.43 bits per heavy atom. The van der Waals surface area contributed by atoms with Gasteiger partial charge in [-0.1, -0.05) is 68.0 Å². The molecule has 0 bridgehead atoms. The van der Waals surface area contributed by atoms with E-state index in [4.69, 9.17) is 12.2 Å². The van der Waals surface area contributed by atoms with E-state index in [2.05, 4.69) is 0 Å². The molecule has 0 aromatic heterocycles. The minimum absolute atomic E-state index is 0.313. The highest BCUT2D eigenvalue weighted by molar-refractivity contribution is 8.26. The summed E-state index contributed by atoms with van der Waals surface area (Å²) in [5.41, 5.74) is 1.99. The fourth-order valence-electron chi connectivity index (χ4n) is 2.40. The largest absolute Gasteiger partial charge is 0.480 e. The van der Waals surface area contributed by atoms with Crippen LogP contribution >= 0.6 is 24.0 Å². The number of thiocarbonyl (C=S) groups is 1. The number of rotatable bonds is 6. The molecule has 1 fully saturated rings. The fourth-order valence-corrected chi connectivity index (χ4v) is 3.75. The van der Waals surface area contributed by atoms with Gasteiger partial charge in [0.25, 0.3) is 5.91 Å². The van der Waals surface area contributed by atoms with Crippen molar-refractivity contribution in [3.63, 3.8) is 0 Å². The van der Waals surface area contributed by atoms with Gasteiger partial charge < -0.3 is 5.11 Å². The number of carbonyl (C=O) groups excluding carboxylic acids is 1. The van der Waals surface area contributed by atoms with Gasteiger partial charge in [0.15, 0.2) is 0 Å². The zero-order chi connectivity index (χ0) is 17.0. The molecule has 2 rings (SSSR count). The number of hydrogen-bond donors (Lipinski definition) is 1. The second-order valence-corrected chi connectivity index (χ2v) is 7.08. The number of carboxylic acids is 1. The molecule has 1 atom stereocenters. The molecule has 1 aliphatic heterocycles. The molecule has 1 aromatic carbocycles. The fraction of sp³-hybridized carbons (Fsp3) is 0.353. The van der Waals surface area contributed by atoms with Crippen molar-refractivity contribution in [1.29, 1.82) is 0 Å². The number of unbranched alkanes of at least 4 members (excludes halogenated alkanes) is 1. The van der Waals surface area contributed by atoms with E-state index in [0.717, 1.165) is 24.0 Å². The molecule has 1 aliphatic rings. The molecular weight excluding hydrogens is 330 g/mol. The number of carbonyl (C=O) groups is 2. The Hall–Kier alpha value is -1.66. The molecule has 1 unspecified atom stereocenters. The second-order valence-electron chi connectivity index (χ2n) is 5.40. The smallest absolute Gasteiger partial charge is 0.326 e. The maximum atomic E-state index is 12.6. The third kappa shape index (κ3) is 4.00. The summed E-state index contributed by atoms with van der Waals surface area (Å²) in [7, 11) is 0. The van der Waals surface area contributed by atoms with Crippen LogP contribution in [0.15, 0.2) is 29.2 Å². The minimum Gasteiger partial charge on any atom is -0.480 e. The van der Waals surface area contributed by atoms with Crippen molar-refractivity contribution < 1.29 is 14.7 Å². The summed E-state index contributed by atoms with van der Waals surface area (Å²) in [6.07, 6.45) is 3.81. The molecule has 122 valence electrons. The Morgan fingerprint density at radius 2 is 2.13 bits per heavy atom. The first-order valence-corrected chi connectivity index (χ1v) is 8.73. The lowest BCUT2D eigenvalue weighted by Crippen LogP contribution is -2.43. The molecule has 23 heavy (non-hydrogen) atoms. The van der Waals surface area contributed by atoms with Gasteiger partial charge in [0.05, 0.1) is 4.91 Å². The van der Waals surface area contributed by atoms with Gasteiger partial charge in [0, 0.05) is 0 Å². The molecule has 1 N–H and O–H groups in total. The molecule has 0 aliphatic carbocycles. The lowest BCUT2D eigenvalue weighted by molar-refractivity contribution is -0.145. The zero-order valence-electron chi connectivity index (χ0n) is 13.1. The predicted molar refractivity (Wildman–Crippen MR) is 97.1 cm³/mol. The Morgan fingerprint density at radius 3 is 2.74 bits per heavy atom. The molecular formula is C17H19NO3S2. The average Bonchev–Trinajstić information content (AvgIpc) is 2.77. The van der Waals surface area contributed by atoms with Gasteiger partial charge in [0.1, 0.15) is 10.4 Å². The van der Waals surface area contributed by atoms with Gasteiger partial charge in [-0.15, -0.1) is 0 Å². The van der Waals surface area contributed by atoms with Crippen molar-refractivity contribution in [2.24, 2.45) is 0 Å². The Kier molecular flexibility index (Phi) is 5.96. The lowest BCUT2D eigenvalue weighted by atomic mass is 10.1. The standard InChI is InChI=1S/C17H19NO3S2/c1-3-4-9-13(16(20)21)18-15(19)14(23-17(18)22)10-12-8-6-5-7-11(12)2/h5-8,10,13H,3-4,9H2,1-2H3,(H,20,21)/b14-10-. The number of thioether (sulfide) groups is 1. The molecule has 1 heterocycles. The first kappa shape index (κ1) is 17.7. The van der Waals surface area contributed by atoms with Crippen molar-refractivity contribution >= 4 is 46.3 Å². The number of aryl methyl sites for hydroxylation is 1. The molecule has 1 amide bonds. The predicted octanol–water partition coefficient (Wildman–Crippen LogP) is 3.84. The van der Waals surface area contributed by atoms with E-state index < -0.39 is 12.0 Å². The normalized spacial score (nSPS) is 17.8. The molecule has 6 heteroatoms. The van der Waals surface area contributed by atoms with Crippen LogP contribution in [0.1, 0.15) is 37.3 Å². The van der Waals surface area contributed by atoms with Crippen LogP contribution in [-0.2, 0) is 9.59 Å². The van der Waals surface area contributed by atoms with Crippen LogP contribution in [0.3, 0.4) is 0 Å². The summed E-state index contributed by atoms with van der Waals surface area (Å²) < 4.78 is 0.318. The number of benzene rings is 1. The van der Waals surface area contributed by atoms with Crippen LogP contribution in [0.25, 0.3) is 6.08 Å². The summed E-state index contributed by atoms with van der Waals surface area (Å²) >= 11 is 6.42. The number of aliphatic carboxylic acids is 1. The zero-order valence-corrected chi connectivity index (χ0v) is 14.7. The van der Waals surface area contributed by atoms with Crippen molar-refractivity contribution in [3.05, 3.63) is 40.3 Å². The highest BCUT2D eigenvalue weighted by Gasteiger charge is 2.40. The number of amides is 1. The quantitative estimate of drug-likeness (QED) is 0.625. The first-order chi connectivity index (χ1) is 11.0. The summed E-state index contributed by atoms with van der Waals surface area (Å²) in [5.74, 6) is -1.32. The van der Waals surface area contributed by atoms with Crippen LogP contribution in [0, 0.1) is 6.92 Å². The maximum Gasteiger partial charge on any atom is 0.326 e. The van der Waals surface area contributed by atoms with Crippen LogP contribution < -0.4 is 0 Å². The van der Waals surface area contributed by atoms with Crippen molar-refractivity contribution in [2.75, 3.05) is 0 Å². The van der Waals surface area contributed by atoms with Crippen molar-refractivity contribution in [3.8, 4) is 0 Å². The number of hydrogen-bond acceptors (Lipinski definition) is 4. The Bertz CT molecular complexity index is 670. The highest BCUT2D eigenvalue weighted by atomic mass is 32.2. The molecule has 4 nitrogen and oxygen atoms in total. The van der Waals surface area contributed by atoms with Crippen LogP contribution in [0.4, 0.5) is 0 Å². The van der Waals surface area contributed by atoms with Gasteiger partial charge in [-0.3, -0.25) is 9.69 Å². The van der Waals surface area contributed by atoms with Gasteiger partial charge in [-0.05, 0) is 30.5 Å². The third-order valence-electron chi connectivity index (χ3n) is 3.73. The highest BCUT2D eigenvalue weighted by Crippen LogP contribution is 2.35. The first-order valence-electron chi connectivity index (χ1n) is 7.51. The Balaban J connectivity index is 2.29. The SMILES string of the molecule is CCCCC(C(=O)O)N1C(=O)/C(=C/c2ccccc2C)SC1=S. The van der Waals surface area contributed by atoms with Gasteiger partial charge in [-0.2, -0.15) is 0 Å². The number of carboxylic acid groups (broad SMARTS) is 1. The van der Waals surface area contributed by atoms with E-state index in [-0.39, 0.29) is 5.91 Å². The van der Waals surface area contributed by atoms with Crippen LogP contribution in [0.2, 0.25) is 0 Å². The molecule has 1 aromatic rings. The molecule has 0 spiro atoms. The van der Waals surface area contributed by atoms with E-state index >= 15 is 0 Å². The third-order valence-corrected chi connectivity index (χ3v) is 5.06. The average molecular weight is 349 g/mol. The second kappa shape index (κ2) is 7.75. The Labute approximate surface area is 145 Å². The summed E-state index contributed by atoms with van der Waals surface area (Å²) in [4.78, 5) is 25.9. The summed E-state index contributed by atoms with van der Waals surface area (Å²) in [6, 6.07) is 6.84. The van der Waals surface area contributed by atoms with E-state index in [0.29, 0.717) is 15.6 Å². The summed E-state index contributed by atoms with van der Waals surface area (Å²) in [6.45, 7) is 3.95. The monoisotopic (exact) mass is 349 g/mol. The van der Waals surface area contributed by atoms with Crippen LogP contribution in [0.5, 0.6) is 0 Å². The van der Waals surface area contributed by atoms with Gasteiger partial charge in [-0.25, -0.2) is 4.79 Å². The molecule has 0 radical (unpaired) electrons.